The Kier molecular flexibility index (Phi) is 9.61. The van der Waals surface area contributed by atoms with Crippen LogP contribution in [0.2, 0.25) is 0 Å². The Balaban J connectivity index is 0.000000175. The molecule has 1 aliphatic rings. The fourth-order valence-electron chi connectivity index (χ4n) is 5.32. The van der Waals surface area contributed by atoms with Crippen LogP contribution in [0.3, 0.4) is 0 Å². The van der Waals surface area contributed by atoms with Crippen molar-refractivity contribution in [3.8, 4) is 21.7 Å². The molecule has 3 aromatic heterocycles. The summed E-state index contributed by atoms with van der Waals surface area (Å²) in [5, 5.41) is 3.81. The molecule has 10 heteroatoms. The molecule has 4 heterocycles. The second-order valence-electron chi connectivity index (χ2n) is 9.79. The van der Waals surface area contributed by atoms with Crippen molar-refractivity contribution in [2.45, 2.75) is 33.2 Å². The van der Waals surface area contributed by atoms with Gasteiger partial charge in [0.15, 0.2) is 0 Å². The maximum atomic E-state index is 14.3. The van der Waals surface area contributed by atoms with E-state index in [1.807, 2.05) is 41.9 Å². The van der Waals surface area contributed by atoms with Crippen molar-refractivity contribution in [3.63, 3.8) is 0 Å². The van der Waals surface area contributed by atoms with Gasteiger partial charge in [-0.2, -0.15) is 0 Å². The van der Waals surface area contributed by atoms with E-state index in [1.165, 1.54) is 74.6 Å². The molecule has 5 aromatic rings. The van der Waals surface area contributed by atoms with E-state index in [1.54, 1.807) is 13.0 Å². The molecule has 44 heavy (non-hydrogen) atoms. The highest BCUT2D eigenvalue weighted by molar-refractivity contribution is 7.13. The number of rotatable bonds is 6. The zero-order valence-corrected chi connectivity index (χ0v) is 25.6. The van der Waals surface area contributed by atoms with E-state index in [2.05, 4.69) is 0 Å². The second kappa shape index (κ2) is 13.6. The molecule has 0 bridgehead atoms. The number of hydrogen-bond acceptors (Lipinski definition) is 4. The fraction of sp³-hybridized carbons (Fsp3) is 0.176. The summed E-state index contributed by atoms with van der Waals surface area (Å²) >= 11 is 2.97. The lowest BCUT2D eigenvalue weighted by Crippen LogP contribution is -2.33. The number of carbonyl (C=O) groups excluding carboxylic acids is 1. The summed E-state index contributed by atoms with van der Waals surface area (Å²) in [5.74, 6) is -2.73. The number of halogens is 4. The van der Waals surface area contributed by atoms with Gasteiger partial charge in [0, 0.05) is 40.9 Å². The third-order valence-corrected chi connectivity index (χ3v) is 9.10. The van der Waals surface area contributed by atoms with Gasteiger partial charge in [-0.05, 0) is 79.1 Å². The zero-order chi connectivity index (χ0) is 31.4. The van der Waals surface area contributed by atoms with Crippen molar-refractivity contribution in [2.24, 2.45) is 0 Å². The number of thiophene rings is 2. The van der Waals surface area contributed by atoms with Crippen molar-refractivity contribution in [3.05, 3.63) is 128 Å². The molecule has 0 unspecified atom stereocenters. The van der Waals surface area contributed by atoms with Crippen molar-refractivity contribution >= 4 is 39.9 Å². The number of pyridine rings is 1. The van der Waals surface area contributed by atoms with Crippen molar-refractivity contribution in [1.82, 2.24) is 9.47 Å². The molecule has 1 aliphatic heterocycles. The fourth-order valence-corrected chi connectivity index (χ4v) is 6.88. The molecule has 0 radical (unpaired) electrons. The van der Waals surface area contributed by atoms with Gasteiger partial charge in [-0.15, -0.1) is 22.7 Å². The molecule has 0 atom stereocenters. The van der Waals surface area contributed by atoms with Crippen LogP contribution < -0.4 is 5.56 Å². The van der Waals surface area contributed by atoms with Gasteiger partial charge in [-0.1, -0.05) is 24.3 Å². The van der Waals surface area contributed by atoms with E-state index in [0.29, 0.717) is 37.2 Å². The first-order valence-corrected chi connectivity index (χ1v) is 15.8. The van der Waals surface area contributed by atoms with Gasteiger partial charge in [0.25, 0.3) is 5.56 Å². The standard InChI is InChI=1S/C17H15F2NOS.C17H13F2NOS/c2*1-2-20-15(21)9-8-11(14-7-4-10-22-14)17(20)16-12(18)5-3-6-13(16)19/h3-7,10H,2,8-9H2,1H3;3-10H,2H2,1H3. The average Bonchev–Trinajstić information content (AvgIpc) is 3.73. The Morgan fingerprint density at radius 1 is 0.659 bits per heavy atom. The molecule has 0 saturated carbocycles. The number of carbonyl (C=O) groups is 1. The quantitative estimate of drug-likeness (QED) is 0.175. The van der Waals surface area contributed by atoms with Crippen LogP contribution in [0.4, 0.5) is 17.6 Å². The third kappa shape index (κ3) is 6.05. The first-order valence-electron chi connectivity index (χ1n) is 14.0. The molecule has 6 rings (SSSR count). The lowest BCUT2D eigenvalue weighted by atomic mass is 9.94. The van der Waals surface area contributed by atoms with Crippen LogP contribution in [0.1, 0.15) is 37.1 Å². The lowest BCUT2D eigenvalue weighted by Gasteiger charge is -2.31. The minimum absolute atomic E-state index is 0.0968. The molecule has 0 saturated heterocycles. The van der Waals surface area contributed by atoms with Gasteiger partial charge in [0.05, 0.1) is 22.5 Å². The molecule has 0 fully saturated rings. The first-order chi connectivity index (χ1) is 21.3. The van der Waals surface area contributed by atoms with E-state index < -0.39 is 23.3 Å². The summed E-state index contributed by atoms with van der Waals surface area (Å²) in [4.78, 5) is 27.6. The Bertz CT molecular complexity index is 1840. The number of amides is 1. The van der Waals surface area contributed by atoms with Crippen molar-refractivity contribution < 1.29 is 22.4 Å². The molecule has 0 spiro atoms. The van der Waals surface area contributed by atoms with Gasteiger partial charge in [0.1, 0.15) is 23.3 Å². The van der Waals surface area contributed by atoms with Gasteiger partial charge in [-0.3, -0.25) is 9.59 Å². The van der Waals surface area contributed by atoms with E-state index in [4.69, 9.17) is 0 Å². The molecule has 4 nitrogen and oxygen atoms in total. The zero-order valence-electron chi connectivity index (χ0n) is 24.0. The minimum atomic E-state index is -0.675. The van der Waals surface area contributed by atoms with E-state index in [0.717, 1.165) is 15.3 Å². The normalized spacial score (nSPS) is 13.2. The molecular formula is C34H28F4N2O2S2. The van der Waals surface area contributed by atoms with E-state index in [9.17, 15) is 27.2 Å². The summed E-state index contributed by atoms with van der Waals surface area (Å²) in [6.45, 7) is 4.31. The molecular weight excluding hydrogens is 609 g/mol. The van der Waals surface area contributed by atoms with Gasteiger partial charge >= 0.3 is 0 Å². The average molecular weight is 637 g/mol. The van der Waals surface area contributed by atoms with Gasteiger partial charge in [0.2, 0.25) is 5.91 Å². The number of benzene rings is 2. The Morgan fingerprint density at radius 2 is 1.23 bits per heavy atom. The Hall–Kier alpha value is -4.28. The predicted octanol–water partition coefficient (Wildman–Crippen LogP) is 9.08. The second-order valence-corrected chi connectivity index (χ2v) is 11.7. The SMILES string of the molecule is CCN1C(=O)CCC(c2cccs2)=C1c1c(F)cccc1F.CCn1c(-c2c(F)cccc2F)c(-c2cccs2)ccc1=O. The number of nitrogens with zero attached hydrogens (tertiary/aromatic N) is 2. The molecule has 226 valence electrons. The first kappa shape index (κ1) is 31.2. The smallest absolute Gasteiger partial charge is 0.251 e. The van der Waals surface area contributed by atoms with Crippen LogP contribution in [-0.4, -0.2) is 21.9 Å². The van der Waals surface area contributed by atoms with Crippen molar-refractivity contribution in [1.29, 1.82) is 0 Å². The van der Waals surface area contributed by atoms with Crippen LogP contribution in [0.5, 0.6) is 0 Å². The molecule has 0 aliphatic carbocycles. The lowest BCUT2D eigenvalue weighted by molar-refractivity contribution is -0.128. The highest BCUT2D eigenvalue weighted by Crippen LogP contribution is 2.40. The Morgan fingerprint density at radius 3 is 1.75 bits per heavy atom. The van der Waals surface area contributed by atoms with Crippen LogP contribution in [0.15, 0.2) is 88.4 Å². The number of allylic oxidation sites excluding steroid dienone is 1. The van der Waals surface area contributed by atoms with E-state index in [-0.39, 0.29) is 28.3 Å². The highest BCUT2D eigenvalue weighted by atomic mass is 32.1. The largest absolute Gasteiger partial charge is 0.312 e. The number of aromatic nitrogens is 1. The molecule has 1 amide bonds. The topological polar surface area (TPSA) is 42.3 Å². The van der Waals surface area contributed by atoms with Crippen LogP contribution in [0.25, 0.3) is 33.0 Å². The minimum Gasteiger partial charge on any atom is -0.312 e. The summed E-state index contributed by atoms with van der Waals surface area (Å²) in [6, 6.07) is 18.1. The molecule has 0 N–H and O–H groups in total. The predicted molar refractivity (Wildman–Crippen MR) is 169 cm³/mol. The summed E-state index contributed by atoms with van der Waals surface area (Å²) in [6.07, 6.45) is 0.861. The monoisotopic (exact) mass is 636 g/mol. The summed E-state index contributed by atoms with van der Waals surface area (Å²) < 4.78 is 58.5. The van der Waals surface area contributed by atoms with Crippen LogP contribution in [-0.2, 0) is 11.3 Å². The summed E-state index contributed by atoms with van der Waals surface area (Å²) in [5.41, 5.74) is 1.59. The van der Waals surface area contributed by atoms with Crippen LogP contribution in [0, 0.1) is 23.3 Å². The Labute approximate surface area is 260 Å². The van der Waals surface area contributed by atoms with Crippen LogP contribution >= 0.6 is 22.7 Å². The summed E-state index contributed by atoms with van der Waals surface area (Å²) in [7, 11) is 0. The third-order valence-electron chi connectivity index (χ3n) is 7.27. The van der Waals surface area contributed by atoms with Gasteiger partial charge in [-0.25, -0.2) is 17.6 Å². The number of hydrogen-bond donors (Lipinski definition) is 0. The van der Waals surface area contributed by atoms with E-state index >= 15 is 0 Å². The maximum absolute atomic E-state index is 14.3. The van der Waals surface area contributed by atoms with Crippen molar-refractivity contribution in [2.75, 3.05) is 6.54 Å². The van der Waals surface area contributed by atoms with Gasteiger partial charge < -0.3 is 9.47 Å². The molecule has 2 aromatic carbocycles. The maximum Gasteiger partial charge on any atom is 0.251 e. The highest BCUT2D eigenvalue weighted by Gasteiger charge is 2.31.